The molecule has 25 heavy (non-hydrogen) atoms. The van der Waals surface area contributed by atoms with Gasteiger partial charge in [-0.3, -0.25) is 9.59 Å². The number of aliphatic carboxylic acids is 1. The summed E-state index contributed by atoms with van der Waals surface area (Å²) in [5.41, 5.74) is 0. The Morgan fingerprint density at radius 1 is 1.12 bits per heavy atom. The summed E-state index contributed by atoms with van der Waals surface area (Å²) in [6.45, 7) is 1.68. The van der Waals surface area contributed by atoms with Gasteiger partial charge >= 0.3 is 5.97 Å². The maximum atomic E-state index is 11.9. The van der Waals surface area contributed by atoms with Crippen molar-refractivity contribution in [2.45, 2.75) is 76.3 Å². The maximum Gasteiger partial charge on any atom is 0.303 e. The zero-order chi connectivity index (χ0) is 19.0. The first-order chi connectivity index (χ1) is 11.7. The summed E-state index contributed by atoms with van der Waals surface area (Å²) in [6, 6.07) is 0. The molecule has 5 N–H and O–H groups in total. The van der Waals surface area contributed by atoms with Crippen molar-refractivity contribution in [3.8, 4) is 0 Å². The molecule has 0 heterocycles. The summed E-state index contributed by atoms with van der Waals surface area (Å²) in [6.07, 6.45) is 2.02. The molecule has 7 heteroatoms. The van der Waals surface area contributed by atoms with Gasteiger partial charge in [-0.15, -0.1) is 0 Å². The van der Waals surface area contributed by atoms with E-state index in [1.807, 2.05) is 0 Å². The Bertz CT molecular complexity index is 460. The van der Waals surface area contributed by atoms with Gasteiger partial charge in [-0.1, -0.05) is 12.2 Å². The number of hydrogen-bond donors (Lipinski definition) is 5. The number of carbonyl (C=O) groups is 2. The third kappa shape index (κ3) is 8.09. The molecule has 7 nitrogen and oxygen atoms in total. The Hall–Kier alpha value is -1.28. The molecule has 1 saturated carbocycles. The molecule has 1 rings (SSSR count). The first-order valence-electron chi connectivity index (χ1n) is 8.84. The quantitative estimate of drug-likeness (QED) is 0.342. The molecule has 0 bridgehead atoms. The normalized spacial score (nSPS) is 29.0. The van der Waals surface area contributed by atoms with Crippen molar-refractivity contribution in [3.05, 3.63) is 12.2 Å². The Morgan fingerprint density at radius 3 is 2.40 bits per heavy atom. The van der Waals surface area contributed by atoms with Gasteiger partial charge in [0.05, 0.1) is 30.8 Å². The van der Waals surface area contributed by atoms with E-state index in [1.54, 1.807) is 19.1 Å². The first-order valence-corrected chi connectivity index (χ1v) is 8.84. The van der Waals surface area contributed by atoms with Gasteiger partial charge in [-0.25, -0.2) is 0 Å². The standard InChI is InChI=1S/C18H30O7/c1-11(19)3-2-4-12(20)5-7-14-15(17(23)10-16(14)22)9-13(21)6-8-18(24)25/h5,7,11-12,14-17,19-20,22-23H,2-4,6,8-10H2,1H3,(H,24,25)/b7-5+/t11?,12-,14+,15+,16+,17-/m0/s1. The van der Waals surface area contributed by atoms with Crippen LogP contribution in [-0.4, -0.2) is 61.7 Å². The Kier molecular flexibility index (Phi) is 9.27. The lowest BCUT2D eigenvalue weighted by atomic mass is 9.87. The van der Waals surface area contributed by atoms with Gasteiger partial charge in [0.2, 0.25) is 0 Å². The van der Waals surface area contributed by atoms with Gasteiger partial charge < -0.3 is 25.5 Å². The summed E-state index contributed by atoms with van der Waals surface area (Å²) < 4.78 is 0. The highest BCUT2D eigenvalue weighted by Crippen LogP contribution is 2.36. The molecule has 0 amide bonds. The fourth-order valence-electron chi connectivity index (χ4n) is 3.25. The van der Waals surface area contributed by atoms with Crippen molar-refractivity contribution in [1.82, 2.24) is 0 Å². The molecule has 1 aliphatic rings. The van der Waals surface area contributed by atoms with E-state index in [9.17, 15) is 30.0 Å². The van der Waals surface area contributed by atoms with Crippen LogP contribution in [0.3, 0.4) is 0 Å². The van der Waals surface area contributed by atoms with E-state index >= 15 is 0 Å². The predicted molar refractivity (Wildman–Crippen MR) is 90.8 cm³/mol. The van der Waals surface area contributed by atoms with E-state index in [-0.39, 0.29) is 31.5 Å². The fourth-order valence-corrected chi connectivity index (χ4v) is 3.25. The van der Waals surface area contributed by atoms with Crippen molar-refractivity contribution in [3.63, 3.8) is 0 Å². The number of carboxylic acids is 1. The van der Waals surface area contributed by atoms with Gasteiger partial charge in [0.25, 0.3) is 0 Å². The maximum absolute atomic E-state index is 11.9. The van der Waals surface area contributed by atoms with Crippen molar-refractivity contribution >= 4 is 11.8 Å². The van der Waals surface area contributed by atoms with Crippen molar-refractivity contribution in [2.75, 3.05) is 0 Å². The lowest BCUT2D eigenvalue weighted by molar-refractivity contribution is -0.138. The zero-order valence-electron chi connectivity index (χ0n) is 14.6. The Labute approximate surface area is 148 Å². The second-order valence-corrected chi connectivity index (χ2v) is 6.98. The summed E-state index contributed by atoms with van der Waals surface area (Å²) in [7, 11) is 0. The number of rotatable bonds is 11. The molecular formula is C18H30O7. The second kappa shape index (κ2) is 10.7. The molecule has 0 aromatic heterocycles. The molecule has 6 atom stereocenters. The molecule has 1 fully saturated rings. The number of Topliss-reactive ketones (excluding diaryl/α,β-unsaturated/α-hetero) is 1. The van der Waals surface area contributed by atoms with Gasteiger partial charge in [-0.2, -0.15) is 0 Å². The molecule has 1 aliphatic carbocycles. The molecular weight excluding hydrogens is 328 g/mol. The molecule has 1 unspecified atom stereocenters. The first kappa shape index (κ1) is 21.8. The Morgan fingerprint density at radius 2 is 1.80 bits per heavy atom. The van der Waals surface area contributed by atoms with Crippen molar-refractivity contribution < 1.29 is 35.1 Å². The average molecular weight is 358 g/mol. The summed E-state index contributed by atoms with van der Waals surface area (Å²) in [4.78, 5) is 22.4. The average Bonchev–Trinajstić information content (AvgIpc) is 2.76. The molecule has 0 radical (unpaired) electrons. The van der Waals surface area contributed by atoms with Gasteiger partial charge in [0.15, 0.2) is 0 Å². The van der Waals surface area contributed by atoms with E-state index in [2.05, 4.69) is 0 Å². The van der Waals surface area contributed by atoms with Crippen molar-refractivity contribution in [1.29, 1.82) is 0 Å². The number of carbonyl (C=O) groups excluding carboxylic acids is 1. The van der Waals surface area contributed by atoms with Gasteiger partial charge in [0.1, 0.15) is 5.78 Å². The fraction of sp³-hybridized carbons (Fsp3) is 0.778. The molecule has 0 aliphatic heterocycles. The summed E-state index contributed by atoms with van der Waals surface area (Å²) in [5, 5.41) is 47.9. The largest absolute Gasteiger partial charge is 0.481 e. The van der Waals surface area contributed by atoms with Crippen LogP contribution in [0.4, 0.5) is 0 Å². The van der Waals surface area contributed by atoms with Crippen LogP contribution in [0.5, 0.6) is 0 Å². The Balaban J connectivity index is 2.57. The smallest absolute Gasteiger partial charge is 0.303 e. The number of ketones is 1. The SMILES string of the molecule is CC(O)CCC[C@H](O)/C=C/[C@@H]1[C@@H](CC(=O)CCC(=O)O)[C@@H](O)C[C@H]1O. The molecule has 0 spiro atoms. The van der Waals surface area contributed by atoms with Gasteiger partial charge in [-0.05, 0) is 26.2 Å². The van der Waals surface area contributed by atoms with E-state index in [0.717, 1.165) is 0 Å². The van der Waals surface area contributed by atoms with Crippen LogP contribution >= 0.6 is 0 Å². The highest BCUT2D eigenvalue weighted by atomic mass is 16.4. The molecule has 144 valence electrons. The van der Waals surface area contributed by atoms with E-state index in [0.29, 0.717) is 19.3 Å². The summed E-state index contributed by atoms with van der Waals surface area (Å²) >= 11 is 0. The van der Waals surface area contributed by atoms with Crippen LogP contribution < -0.4 is 0 Å². The molecule has 0 aromatic rings. The van der Waals surface area contributed by atoms with E-state index in [4.69, 9.17) is 5.11 Å². The number of aliphatic hydroxyl groups excluding tert-OH is 4. The van der Waals surface area contributed by atoms with Crippen LogP contribution in [-0.2, 0) is 9.59 Å². The zero-order valence-corrected chi connectivity index (χ0v) is 14.6. The minimum atomic E-state index is -1.04. The van der Waals surface area contributed by atoms with Crippen LogP contribution in [0.25, 0.3) is 0 Å². The topological polar surface area (TPSA) is 135 Å². The van der Waals surface area contributed by atoms with Crippen molar-refractivity contribution in [2.24, 2.45) is 11.8 Å². The third-order valence-electron chi connectivity index (χ3n) is 4.67. The number of hydrogen-bond acceptors (Lipinski definition) is 6. The lowest BCUT2D eigenvalue weighted by Gasteiger charge is -2.20. The van der Waals surface area contributed by atoms with Crippen LogP contribution in [0, 0.1) is 11.8 Å². The second-order valence-electron chi connectivity index (χ2n) is 6.98. The minimum absolute atomic E-state index is 0.0125. The van der Waals surface area contributed by atoms with E-state index < -0.39 is 42.2 Å². The van der Waals surface area contributed by atoms with E-state index in [1.165, 1.54) is 0 Å². The highest BCUT2D eigenvalue weighted by Gasteiger charge is 2.41. The molecule has 0 saturated heterocycles. The monoisotopic (exact) mass is 358 g/mol. The number of carboxylic acid groups (broad SMARTS) is 1. The van der Waals surface area contributed by atoms with Crippen LogP contribution in [0.2, 0.25) is 0 Å². The highest BCUT2D eigenvalue weighted by molar-refractivity contribution is 5.82. The predicted octanol–water partition coefficient (Wildman–Crippen LogP) is 0.636. The van der Waals surface area contributed by atoms with Crippen LogP contribution in [0.1, 0.15) is 51.9 Å². The molecule has 0 aromatic carbocycles. The summed E-state index contributed by atoms with van der Waals surface area (Å²) in [5.74, 6) is -2.22. The minimum Gasteiger partial charge on any atom is -0.481 e. The van der Waals surface area contributed by atoms with Gasteiger partial charge in [0, 0.05) is 31.1 Å². The third-order valence-corrected chi connectivity index (χ3v) is 4.67. The number of aliphatic hydroxyl groups is 4. The van der Waals surface area contributed by atoms with Crippen LogP contribution in [0.15, 0.2) is 12.2 Å². The lowest BCUT2D eigenvalue weighted by Crippen LogP contribution is -2.24.